The maximum absolute atomic E-state index is 12.2. The van der Waals surface area contributed by atoms with Crippen molar-refractivity contribution in [2.24, 2.45) is 0 Å². The van der Waals surface area contributed by atoms with E-state index in [1.54, 1.807) is 43.5 Å². The first-order valence-electron chi connectivity index (χ1n) is 8.04. The number of carbonyl (C=O) groups is 2. The fraction of sp³-hybridized carbons (Fsp3) is 0.150. The van der Waals surface area contributed by atoms with Crippen LogP contribution < -0.4 is 15.4 Å². The Bertz CT molecular complexity index is 883. The Morgan fingerprint density at radius 1 is 1.11 bits per heavy atom. The summed E-state index contributed by atoms with van der Waals surface area (Å²) < 4.78 is 9.79. The van der Waals surface area contributed by atoms with Crippen LogP contribution in [0.15, 0.2) is 60.3 Å². The average molecular weight is 365 g/mol. The molecule has 2 aromatic carbocycles. The van der Waals surface area contributed by atoms with Gasteiger partial charge in [0.15, 0.2) is 0 Å². The molecular formula is C20H19N3O4. The second-order valence-electron chi connectivity index (χ2n) is 5.38. The lowest BCUT2D eigenvalue weighted by molar-refractivity contribution is -0.117. The lowest BCUT2D eigenvalue weighted by Crippen LogP contribution is -2.24. The third-order valence-electron chi connectivity index (χ3n) is 3.68. The monoisotopic (exact) mass is 365 g/mol. The predicted octanol–water partition coefficient (Wildman–Crippen LogP) is 2.62. The number of ether oxygens (including phenoxy) is 2. The van der Waals surface area contributed by atoms with E-state index in [1.807, 2.05) is 18.2 Å². The van der Waals surface area contributed by atoms with Gasteiger partial charge in [0.1, 0.15) is 17.4 Å². The van der Waals surface area contributed by atoms with E-state index in [2.05, 4.69) is 10.6 Å². The Balaban J connectivity index is 2.04. The normalized spacial score (nSPS) is 10.5. The molecule has 2 aromatic rings. The van der Waals surface area contributed by atoms with Crippen molar-refractivity contribution in [1.29, 1.82) is 5.26 Å². The van der Waals surface area contributed by atoms with Crippen LogP contribution in [-0.4, -0.2) is 26.1 Å². The fourth-order valence-corrected chi connectivity index (χ4v) is 2.22. The molecule has 0 unspecified atom stereocenters. The Morgan fingerprint density at radius 2 is 1.81 bits per heavy atom. The van der Waals surface area contributed by atoms with Crippen LogP contribution in [0.4, 0.5) is 5.69 Å². The maximum atomic E-state index is 12.2. The third-order valence-corrected chi connectivity index (χ3v) is 3.68. The third kappa shape index (κ3) is 5.34. The molecule has 0 fully saturated rings. The van der Waals surface area contributed by atoms with E-state index in [1.165, 1.54) is 13.3 Å². The van der Waals surface area contributed by atoms with Gasteiger partial charge in [-0.2, -0.15) is 5.26 Å². The zero-order chi connectivity index (χ0) is 19.6. The van der Waals surface area contributed by atoms with Gasteiger partial charge in [-0.15, -0.1) is 0 Å². The van der Waals surface area contributed by atoms with Gasteiger partial charge in [0.05, 0.1) is 25.5 Å². The Kier molecular flexibility index (Phi) is 6.97. The highest BCUT2D eigenvalue weighted by molar-refractivity contribution is 5.98. The highest BCUT2D eigenvalue weighted by atomic mass is 16.5. The molecule has 0 aliphatic heterocycles. The SMILES string of the molecule is COC(=O)c1ccccc1N/C=C(/C#N)C(=O)NCc1ccc(OC)cc1. The Hall–Kier alpha value is -3.79. The van der Waals surface area contributed by atoms with E-state index in [9.17, 15) is 14.9 Å². The summed E-state index contributed by atoms with van der Waals surface area (Å²) in [7, 11) is 2.86. The van der Waals surface area contributed by atoms with Gasteiger partial charge in [-0.25, -0.2) is 4.79 Å². The number of nitrogens with zero attached hydrogens (tertiary/aromatic N) is 1. The molecule has 0 saturated heterocycles. The topological polar surface area (TPSA) is 100 Å². The summed E-state index contributed by atoms with van der Waals surface area (Å²) in [6, 6.07) is 15.7. The van der Waals surface area contributed by atoms with Crippen LogP contribution >= 0.6 is 0 Å². The molecule has 7 nitrogen and oxygen atoms in total. The van der Waals surface area contributed by atoms with Gasteiger partial charge in [-0.1, -0.05) is 24.3 Å². The summed E-state index contributed by atoms with van der Waals surface area (Å²) >= 11 is 0. The second-order valence-corrected chi connectivity index (χ2v) is 5.38. The van der Waals surface area contributed by atoms with Crippen LogP contribution in [0, 0.1) is 11.3 Å². The maximum Gasteiger partial charge on any atom is 0.339 e. The average Bonchev–Trinajstić information content (AvgIpc) is 2.72. The zero-order valence-electron chi connectivity index (χ0n) is 15.0. The lowest BCUT2D eigenvalue weighted by atomic mass is 10.1. The van der Waals surface area contributed by atoms with Crippen LogP contribution in [0.5, 0.6) is 5.75 Å². The van der Waals surface area contributed by atoms with Crippen molar-refractivity contribution >= 4 is 17.6 Å². The highest BCUT2D eigenvalue weighted by Crippen LogP contribution is 2.16. The molecule has 7 heteroatoms. The number of esters is 1. The number of methoxy groups -OCH3 is 2. The van der Waals surface area contributed by atoms with Crippen LogP contribution in [0.25, 0.3) is 0 Å². The molecular weight excluding hydrogens is 346 g/mol. The van der Waals surface area contributed by atoms with Crippen LogP contribution in [-0.2, 0) is 16.1 Å². The van der Waals surface area contributed by atoms with Gasteiger partial charge >= 0.3 is 5.97 Å². The van der Waals surface area contributed by atoms with Crippen LogP contribution in [0.1, 0.15) is 15.9 Å². The van der Waals surface area contributed by atoms with Crippen molar-refractivity contribution < 1.29 is 19.1 Å². The molecule has 1 amide bonds. The Labute approximate surface area is 157 Å². The summed E-state index contributed by atoms with van der Waals surface area (Å²) in [6.45, 7) is 0.264. The molecule has 0 aliphatic rings. The molecule has 27 heavy (non-hydrogen) atoms. The molecule has 0 aromatic heterocycles. The number of hydrogen-bond acceptors (Lipinski definition) is 6. The number of benzene rings is 2. The molecule has 0 spiro atoms. The molecule has 138 valence electrons. The smallest absolute Gasteiger partial charge is 0.339 e. The van der Waals surface area contributed by atoms with Gasteiger partial charge in [-0.05, 0) is 29.8 Å². The van der Waals surface area contributed by atoms with Crippen LogP contribution in [0.3, 0.4) is 0 Å². The van der Waals surface area contributed by atoms with Gasteiger partial charge in [-0.3, -0.25) is 4.79 Å². The van der Waals surface area contributed by atoms with Crippen molar-refractivity contribution in [3.8, 4) is 11.8 Å². The minimum atomic E-state index is -0.531. The van der Waals surface area contributed by atoms with Crippen molar-refractivity contribution in [2.45, 2.75) is 6.54 Å². The van der Waals surface area contributed by atoms with E-state index < -0.39 is 11.9 Å². The molecule has 0 saturated carbocycles. The van der Waals surface area contributed by atoms with Gasteiger partial charge in [0.25, 0.3) is 5.91 Å². The summed E-state index contributed by atoms with van der Waals surface area (Å²) in [5.74, 6) is -0.332. The molecule has 0 heterocycles. The first-order chi connectivity index (χ1) is 13.1. The van der Waals surface area contributed by atoms with E-state index in [0.29, 0.717) is 11.3 Å². The van der Waals surface area contributed by atoms with Gasteiger partial charge in [0.2, 0.25) is 0 Å². The summed E-state index contributed by atoms with van der Waals surface area (Å²) in [4.78, 5) is 24.0. The van der Waals surface area contributed by atoms with Crippen molar-refractivity contribution in [2.75, 3.05) is 19.5 Å². The number of rotatable bonds is 7. The number of hydrogen-bond donors (Lipinski definition) is 2. The first kappa shape index (κ1) is 19.5. The molecule has 0 aliphatic carbocycles. The number of nitriles is 1. The first-order valence-corrected chi connectivity index (χ1v) is 8.04. The summed E-state index contributed by atoms with van der Waals surface area (Å²) in [6.07, 6.45) is 1.26. The van der Waals surface area contributed by atoms with Crippen molar-refractivity contribution in [1.82, 2.24) is 5.32 Å². The number of nitrogens with one attached hydrogen (secondary N) is 2. The summed E-state index contributed by atoms with van der Waals surface area (Å²) in [5.41, 5.74) is 1.47. The largest absolute Gasteiger partial charge is 0.497 e. The molecule has 0 atom stereocenters. The van der Waals surface area contributed by atoms with E-state index >= 15 is 0 Å². The van der Waals surface area contributed by atoms with E-state index in [-0.39, 0.29) is 12.1 Å². The number of anilines is 1. The molecule has 0 radical (unpaired) electrons. The lowest BCUT2D eigenvalue weighted by Gasteiger charge is -2.08. The number of carbonyl (C=O) groups excluding carboxylic acids is 2. The summed E-state index contributed by atoms with van der Waals surface area (Å²) in [5, 5.41) is 14.7. The van der Waals surface area contributed by atoms with Gasteiger partial charge in [0, 0.05) is 12.7 Å². The van der Waals surface area contributed by atoms with E-state index in [0.717, 1.165) is 11.3 Å². The standard InChI is InChI=1S/C20H19N3O4/c1-26-16-9-7-14(8-10-16)12-23-19(24)15(11-21)13-22-18-6-4-3-5-17(18)20(25)27-2/h3-10,13,22H,12H2,1-2H3,(H,23,24)/b15-13-. The number of amides is 1. The fourth-order valence-electron chi connectivity index (χ4n) is 2.22. The quantitative estimate of drug-likeness (QED) is 0.444. The van der Waals surface area contributed by atoms with E-state index in [4.69, 9.17) is 9.47 Å². The molecule has 2 N–H and O–H groups in total. The van der Waals surface area contributed by atoms with Crippen molar-refractivity contribution in [3.05, 3.63) is 71.4 Å². The zero-order valence-corrected chi connectivity index (χ0v) is 15.0. The van der Waals surface area contributed by atoms with Crippen molar-refractivity contribution in [3.63, 3.8) is 0 Å². The minimum absolute atomic E-state index is 0.122. The molecule has 0 bridgehead atoms. The Morgan fingerprint density at radius 3 is 2.44 bits per heavy atom. The number of para-hydroxylation sites is 1. The molecule has 2 rings (SSSR count). The highest BCUT2D eigenvalue weighted by Gasteiger charge is 2.12. The second kappa shape index (κ2) is 9.63. The predicted molar refractivity (Wildman–Crippen MR) is 99.9 cm³/mol. The van der Waals surface area contributed by atoms with Gasteiger partial charge < -0.3 is 20.1 Å². The minimum Gasteiger partial charge on any atom is -0.497 e. The van der Waals surface area contributed by atoms with Crippen LogP contribution in [0.2, 0.25) is 0 Å².